The molecule has 5 aromatic rings. The van der Waals surface area contributed by atoms with Gasteiger partial charge in [0.05, 0.1) is 30.4 Å². The lowest BCUT2D eigenvalue weighted by molar-refractivity contribution is 0.341. The lowest BCUT2D eigenvalue weighted by Crippen LogP contribution is -1.98. The van der Waals surface area contributed by atoms with E-state index in [0.717, 1.165) is 50.2 Å². The Morgan fingerprint density at radius 2 is 1.77 bits per heavy atom. The third kappa shape index (κ3) is 3.36. The van der Waals surface area contributed by atoms with Crippen LogP contribution in [0, 0.1) is 5.82 Å². The fourth-order valence-electron chi connectivity index (χ4n) is 3.77. The standard InChI is InChI=1S/C25H20FN3O2/c1-3-31-20-11-12-23-21(14-20)25-22(15-27-23)24(16-5-4-6-19(13-16)30-2)28-29(25)18-9-7-17(26)8-10-18/h4-15H,3H2,1-2H3. The normalized spacial score (nSPS) is 11.2. The van der Waals surface area contributed by atoms with Gasteiger partial charge in [0.15, 0.2) is 0 Å². The van der Waals surface area contributed by atoms with E-state index in [1.807, 2.05) is 60.3 Å². The zero-order chi connectivity index (χ0) is 21.4. The molecule has 0 saturated heterocycles. The summed E-state index contributed by atoms with van der Waals surface area (Å²) in [7, 11) is 1.64. The number of rotatable bonds is 5. The van der Waals surface area contributed by atoms with Crippen molar-refractivity contribution in [2.24, 2.45) is 0 Å². The Kier molecular flexibility index (Phi) is 4.75. The van der Waals surface area contributed by atoms with E-state index < -0.39 is 0 Å². The molecule has 2 heterocycles. The number of nitrogens with zero attached hydrogens (tertiary/aromatic N) is 3. The third-order valence-electron chi connectivity index (χ3n) is 5.20. The highest BCUT2D eigenvalue weighted by Crippen LogP contribution is 2.35. The first-order valence-electron chi connectivity index (χ1n) is 10.0. The first-order chi connectivity index (χ1) is 15.2. The summed E-state index contributed by atoms with van der Waals surface area (Å²) >= 11 is 0. The lowest BCUT2D eigenvalue weighted by atomic mass is 10.1. The smallest absolute Gasteiger partial charge is 0.123 e. The molecule has 0 amide bonds. The molecule has 6 heteroatoms. The van der Waals surface area contributed by atoms with Gasteiger partial charge in [0.2, 0.25) is 0 Å². The number of aromatic nitrogens is 3. The quantitative estimate of drug-likeness (QED) is 0.366. The van der Waals surface area contributed by atoms with Gasteiger partial charge >= 0.3 is 0 Å². The average molecular weight is 413 g/mol. The van der Waals surface area contributed by atoms with E-state index in [0.29, 0.717) is 6.61 Å². The number of methoxy groups -OCH3 is 1. The van der Waals surface area contributed by atoms with Crippen LogP contribution in [0.3, 0.4) is 0 Å². The molecule has 0 saturated carbocycles. The Morgan fingerprint density at radius 1 is 0.935 bits per heavy atom. The van der Waals surface area contributed by atoms with Gasteiger partial charge in [-0.3, -0.25) is 4.98 Å². The largest absolute Gasteiger partial charge is 0.497 e. The molecule has 0 bridgehead atoms. The van der Waals surface area contributed by atoms with Crippen molar-refractivity contribution in [1.82, 2.24) is 14.8 Å². The number of hydrogen-bond acceptors (Lipinski definition) is 4. The second-order valence-corrected chi connectivity index (χ2v) is 7.10. The fourth-order valence-corrected chi connectivity index (χ4v) is 3.77. The summed E-state index contributed by atoms with van der Waals surface area (Å²) in [6, 6.07) is 19.9. The highest BCUT2D eigenvalue weighted by atomic mass is 19.1. The average Bonchev–Trinajstić information content (AvgIpc) is 3.20. The molecule has 0 spiro atoms. The van der Waals surface area contributed by atoms with Gasteiger partial charge in [-0.25, -0.2) is 9.07 Å². The molecule has 31 heavy (non-hydrogen) atoms. The summed E-state index contributed by atoms with van der Waals surface area (Å²) in [5.74, 6) is 1.21. The van der Waals surface area contributed by atoms with Crippen LogP contribution in [0.5, 0.6) is 11.5 Å². The van der Waals surface area contributed by atoms with E-state index in [9.17, 15) is 4.39 Å². The maximum absolute atomic E-state index is 13.6. The van der Waals surface area contributed by atoms with Crippen LogP contribution in [-0.2, 0) is 0 Å². The van der Waals surface area contributed by atoms with Crippen molar-refractivity contribution < 1.29 is 13.9 Å². The van der Waals surface area contributed by atoms with Crippen molar-refractivity contribution in [1.29, 1.82) is 0 Å². The molecular formula is C25H20FN3O2. The van der Waals surface area contributed by atoms with Gasteiger partial charge in [0.25, 0.3) is 0 Å². The second-order valence-electron chi connectivity index (χ2n) is 7.10. The SMILES string of the molecule is CCOc1ccc2ncc3c(-c4cccc(OC)c4)nn(-c4ccc(F)cc4)c3c2c1. The molecule has 3 aromatic carbocycles. The second kappa shape index (κ2) is 7.72. The number of benzene rings is 3. The Labute approximate surface area is 178 Å². The zero-order valence-corrected chi connectivity index (χ0v) is 17.2. The van der Waals surface area contributed by atoms with Gasteiger partial charge in [-0.15, -0.1) is 0 Å². The highest BCUT2D eigenvalue weighted by molar-refractivity contribution is 6.09. The summed E-state index contributed by atoms with van der Waals surface area (Å²) in [6.45, 7) is 2.52. The van der Waals surface area contributed by atoms with Gasteiger partial charge in [-0.1, -0.05) is 12.1 Å². The molecule has 5 rings (SSSR count). The molecule has 0 radical (unpaired) electrons. The first-order valence-corrected chi connectivity index (χ1v) is 10.0. The van der Waals surface area contributed by atoms with Crippen molar-refractivity contribution in [2.45, 2.75) is 6.92 Å². The number of ether oxygens (including phenoxy) is 2. The predicted molar refractivity (Wildman–Crippen MR) is 119 cm³/mol. The van der Waals surface area contributed by atoms with Gasteiger partial charge in [-0.05, 0) is 61.5 Å². The molecule has 0 unspecified atom stereocenters. The third-order valence-corrected chi connectivity index (χ3v) is 5.20. The molecule has 0 aliphatic heterocycles. The van der Waals surface area contributed by atoms with E-state index >= 15 is 0 Å². The predicted octanol–water partition coefficient (Wildman–Crippen LogP) is 5.79. The number of halogens is 1. The molecule has 0 aliphatic rings. The van der Waals surface area contributed by atoms with Crippen LogP contribution in [0.15, 0.2) is 72.9 Å². The van der Waals surface area contributed by atoms with Gasteiger partial charge in [0, 0.05) is 22.5 Å². The Balaban J connectivity index is 1.85. The molecule has 0 N–H and O–H groups in total. The number of pyridine rings is 1. The molecule has 5 nitrogen and oxygen atoms in total. The zero-order valence-electron chi connectivity index (χ0n) is 17.2. The summed E-state index contributed by atoms with van der Waals surface area (Å²) in [6.07, 6.45) is 1.83. The van der Waals surface area contributed by atoms with Gasteiger partial charge in [0.1, 0.15) is 23.0 Å². The van der Waals surface area contributed by atoms with Crippen LogP contribution in [-0.4, -0.2) is 28.5 Å². The summed E-state index contributed by atoms with van der Waals surface area (Å²) < 4.78 is 26.5. The monoisotopic (exact) mass is 413 g/mol. The Hall–Kier alpha value is -3.93. The number of fused-ring (bicyclic) bond motifs is 3. The van der Waals surface area contributed by atoms with Gasteiger partial charge in [-0.2, -0.15) is 5.10 Å². The summed E-state index contributed by atoms with van der Waals surface area (Å²) in [4.78, 5) is 4.66. The highest BCUT2D eigenvalue weighted by Gasteiger charge is 2.18. The first kappa shape index (κ1) is 19.1. The van der Waals surface area contributed by atoms with Crippen LogP contribution in [0.1, 0.15) is 6.92 Å². The van der Waals surface area contributed by atoms with E-state index in [4.69, 9.17) is 14.6 Å². The van der Waals surface area contributed by atoms with Crippen molar-refractivity contribution >= 4 is 21.8 Å². The van der Waals surface area contributed by atoms with Gasteiger partial charge < -0.3 is 9.47 Å². The van der Waals surface area contributed by atoms with Crippen LogP contribution in [0.25, 0.3) is 38.8 Å². The maximum atomic E-state index is 13.6. The minimum absolute atomic E-state index is 0.293. The summed E-state index contributed by atoms with van der Waals surface area (Å²) in [5.41, 5.74) is 4.16. The van der Waals surface area contributed by atoms with Crippen LogP contribution < -0.4 is 9.47 Å². The Bertz CT molecular complexity index is 1390. The topological polar surface area (TPSA) is 49.2 Å². The number of hydrogen-bond donors (Lipinski definition) is 0. The van der Waals surface area contributed by atoms with E-state index in [1.54, 1.807) is 19.2 Å². The molecule has 0 aliphatic carbocycles. The lowest BCUT2D eigenvalue weighted by Gasteiger charge is -2.08. The summed E-state index contributed by atoms with van der Waals surface area (Å²) in [5, 5.41) is 6.72. The Morgan fingerprint density at radius 3 is 2.55 bits per heavy atom. The van der Waals surface area contributed by atoms with Crippen molar-refractivity contribution in [3.05, 3.63) is 78.7 Å². The van der Waals surface area contributed by atoms with Crippen molar-refractivity contribution in [2.75, 3.05) is 13.7 Å². The molecule has 154 valence electrons. The van der Waals surface area contributed by atoms with Crippen molar-refractivity contribution in [3.8, 4) is 28.4 Å². The maximum Gasteiger partial charge on any atom is 0.123 e. The van der Waals surface area contributed by atoms with Crippen LogP contribution >= 0.6 is 0 Å². The van der Waals surface area contributed by atoms with E-state index in [2.05, 4.69) is 4.98 Å². The molecule has 0 atom stereocenters. The van der Waals surface area contributed by atoms with Crippen LogP contribution in [0.4, 0.5) is 4.39 Å². The minimum atomic E-state index is -0.293. The minimum Gasteiger partial charge on any atom is -0.497 e. The van der Waals surface area contributed by atoms with E-state index in [-0.39, 0.29) is 5.82 Å². The fraction of sp³-hybridized carbons (Fsp3) is 0.120. The molecule has 0 fully saturated rings. The van der Waals surface area contributed by atoms with Crippen molar-refractivity contribution in [3.63, 3.8) is 0 Å². The van der Waals surface area contributed by atoms with E-state index in [1.165, 1.54) is 12.1 Å². The molecular weight excluding hydrogens is 393 g/mol. The molecule has 2 aromatic heterocycles. The van der Waals surface area contributed by atoms with Crippen LogP contribution in [0.2, 0.25) is 0 Å².